The number of unbranched alkanes of at least 4 members (excludes halogenated alkanes) is 4. The fraction of sp³-hybridized carbons (Fsp3) is 0.619. The molecule has 0 aliphatic carbocycles. The summed E-state index contributed by atoms with van der Waals surface area (Å²) < 4.78 is 0. The first kappa shape index (κ1) is 24.9. The van der Waals surface area contributed by atoms with Crippen LogP contribution in [0.15, 0.2) is 24.3 Å². The minimum absolute atomic E-state index is 0.0151. The number of amides is 1. The fourth-order valence-electron chi connectivity index (χ4n) is 2.26. The summed E-state index contributed by atoms with van der Waals surface area (Å²) in [5.74, 6) is -1.03. The Balaban J connectivity index is 0.000000821. The van der Waals surface area contributed by atoms with Gasteiger partial charge in [0.1, 0.15) is 5.75 Å². The molecule has 0 saturated carbocycles. The molecule has 0 heterocycles. The number of nitrogens with zero attached hydrogens (tertiary/aromatic N) is 1. The van der Waals surface area contributed by atoms with Crippen molar-refractivity contribution in [2.24, 2.45) is 0 Å². The largest absolute Gasteiger partial charge is 0.507 e. The number of aliphatic carboxylic acids is 1. The molecule has 3 N–H and O–H groups in total. The molecule has 0 fully saturated rings. The fourth-order valence-corrected chi connectivity index (χ4v) is 2.26. The highest BCUT2D eigenvalue weighted by atomic mass is 16.4. The van der Waals surface area contributed by atoms with E-state index in [1.54, 1.807) is 18.2 Å². The van der Waals surface area contributed by atoms with E-state index in [4.69, 9.17) is 5.11 Å². The molecule has 0 aliphatic rings. The number of phenols is 1. The van der Waals surface area contributed by atoms with Gasteiger partial charge in [0.2, 0.25) is 0 Å². The van der Waals surface area contributed by atoms with Crippen LogP contribution in [0.2, 0.25) is 0 Å². The van der Waals surface area contributed by atoms with E-state index in [-0.39, 0.29) is 23.6 Å². The highest BCUT2D eigenvalue weighted by Crippen LogP contribution is 2.15. The first-order valence-corrected chi connectivity index (χ1v) is 9.74. The van der Waals surface area contributed by atoms with E-state index in [9.17, 15) is 14.7 Å². The van der Waals surface area contributed by atoms with Crippen LogP contribution >= 0.6 is 0 Å². The highest BCUT2D eigenvalue weighted by molar-refractivity contribution is 5.96. The minimum atomic E-state index is -0.750. The maximum absolute atomic E-state index is 11.7. The number of hydrogen-bond donors (Lipinski definition) is 3. The summed E-state index contributed by atoms with van der Waals surface area (Å²) in [6.07, 6.45) is 5.86. The zero-order valence-electron chi connectivity index (χ0n) is 17.2. The first-order chi connectivity index (χ1) is 12.8. The van der Waals surface area contributed by atoms with Crippen molar-refractivity contribution in [1.82, 2.24) is 10.2 Å². The molecule has 0 aliphatic heterocycles. The van der Waals surface area contributed by atoms with Gasteiger partial charge in [0.05, 0.1) is 5.56 Å². The minimum Gasteiger partial charge on any atom is -0.507 e. The number of carbonyl (C=O) groups excluding carboxylic acids is 1. The predicted molar refractivity (Wildman–Crippen MR) is 109 cm³/mol. The summed E-state index contributed by atoms with van der Waals surface area (Å²) in [6, 6.07) is 7.17. The van der Waals surface area contributed by atoms with Crippen molar-refractivity contribution in [3.63, 3.8) is 0 Å². The van der Waals surface area contributed by atoms with E-state index < -0.39 is 5.97 Å². The summed E-state index contributed by atoms with van der Waals surface area (Å²) in [4.78, 5) is 24.3. The average Bonchev–Trinajstić information content (AvgIpc) is 2.63. The normalized spacial score (nSPS) is 11.4. The molecule has 1 rings (SSSR count). The molecule has 0 spiro atoms. The number of carbonyl (C=O) groups is 2. The van der Waals surface area contributed by atoms with Gasteiger partial charge in [-0.1, -0.05) is 38.3 Å². The van der Waals surface area contributed by atoms with Gasteiger partial charge in [-0.25, -0.2) is 0 Å². The lowest BCUT2D eigenvalue weighted by atomic mass is 10.1. The Morgan fingerprint density at radius 3 is 2.19 bits per heavy atom. The van der Waals surface area contributed by atoms with Crippen molar-refractivity contribution in [3.8, 4) is 5.75 Å². The Morgan fingerprint density at radius 2 is 1.67 bits per heavy atom. The molecule has 1 amide bonds. The lowest BCUT2D eigenvalue weighted by molar-refractivity contribution is -0.137. The summed E-state index contributed by atoms with van der Waals surface area (Å²) >= 11 is 0. The molecule has 154 valence electrons. The average molecular weight is 381 g/mol. The first-order valence-electron chi connectivity index (χ1n) is 9.74. The van der Waals surface area contributed by atoms with Crippen LogP contribution in [0.3, 0.4) is 0 Å². The van der Waals surface area contributed by atoms with Gasteiger partial charge < -0.3 is 20.4 Å². The van der Waals surface area contributed by atoms with Crippen molar-refractivity contribution in [2.75, 3.05) is 20.6 Å². The van der Waals surface area contributed by atoms with Crippen LogP contribution < -0.4 is 5.32 Å². The molecular weight excluding hydrogens is 344 g/mol. The summed E-state index contributed by atoms with van der Waals surface area (Å²) in [7, 11) is 4.21. The third kappa shape index (κ3) is 12.8. The van der Waals surface area contributed by atoms with Gasteiger partial charge in [-0.2, -0.15) is 0 Å². The van der Waals surface area contributed by atoms with E-state index >= 15 is 0 Å². The summed E-state index contributed by atoms with van der Waals surface area (Å²) in [5, 5.41) is 20.8. The maximum Gasteiger partial charge on any atom is 0.303 e. The summed E-state index contributed by atoms with van der Waals surface area (Å²) in [5.41, 5.74) is 0.286. The van der Waals surface area contributed by atoms with Gasteiger partial charge in [-0.05, 0) is 52.4 Å². The van der Waals surface area contributed by atoms with Crippen LogP contribution in [0, 0.1) is 0 Å². The SMILES string of the molecule is CCC(C)N(C)C.O=C(O)CCCCCCCNC(=O)c1ccccc1O. The van der Waals surface area contributed by atoms with Crippen molar-refractivity contribution < 1.29 is 19.8 Å². The summed E-state index contributed by atoms with van der Waals surface area (Å²) in [6.45, 7) is 4.98. The van der Waals surface area contributed by atoms with Gasteiger partial charge in [0.25, 0.3) is 5.91 Å². The van der Waals surface area contributed by atoms with Crippen LogP contribution in [-0.2, 0) is 4.79 Å². The Labute approximate surface area is 163 Å². The monoisotopic (exact) mass is 380 g/mol. The zero-order valence-corrected chi connectivity index (χ0v) is 17.2. The number of benzene rings is 1. The second kappa shape index (κ2) is 15.0. The third-order valence-corrected chi connectivity index (χ3v) is 4.47. The molecule has 27 heavy (non-hydrogen) atoms. The van der Waals surface area contributed by atoms with Crippen molar-refractivity contribution in [2.45, 2.75) is 64.8 Å². The molecule has 6 nitrogen and oxygen atoms in total. The Bertz CT molecular complexity index is 547. The topological polar surface area (TPSA) is 89.9 Å². The number of rotatable bonds is 11. The molecule has 0 aromatic heterocycles. The lowest BCUT2D eigenvalue weighted by Crippen LogP contribution is -2.24. The third-order valence-electron chi connectivity index (χ3n) is 4.47. The van der Waals surface area contributed by atoms with Crippen LogP contribution in [0.25, 0.3) is 0 Å². The number of hydrogen-bond acceptors (Lipinski definition) is 4. The van der Waals surface area contributed by atoms with Crippen LogP contribution in [0.1, 0.15) is 69.2 Å². The Morgan fingerprint density at radius 1 is 1.07 bits per heavy atom. The van der Waals surface area contributed by atoms with Gasteiger partial charge in [-0.3, -0.25) is 9.59 Å². The zero-order chi connectivity index (χ0) is 20.7. The van der Waals surface area contributed by atoms with Crippen molar-refractivity contribution in [1.29, 1.82) is 0 Å². The van der Waals surface area contributed by atoms with Crippen molar-refractivity contribution >= 4 is 11.9 Å². The van der Waals surface area contributed by atoms with Gasteiger partial charge in [0, 0.05) is 19.0 Å². The molecule has 1 aromatic rings. The van der Waals surface area contributed by atoms with Gasteiger partial charge in [-0.15, -0.1) is 0 Å². The smallest absolute Gasteiger partial charge is 0.303 e. The van der Waals surface area contributed by atoms with Gasteiger partial charge in [0.15, 0.2) is 0 Å². The molecule has 0 saturated heterocycles. The molecule has 0 bridgehead atoms. The van der Waals surface area contributed by atoms with Crippen molar-refractivity contribution in [3.05, 3.63) is 29.8 Å². The molecule has 1 aromatic carbocycles. The van der Waals surface area contributed by atoms with E-state index in [1.165, 1.54) is 12.5 Å². The highest BCUT2D eigenvalue weighted by Gasteiger charge is 2.08. The quantitative estimate of drug-likeness (QED) is 0.507. The molecular formula is C21H36N2O4. The number of aromatic hydroxyl groups is 1. The number of carboxylic acids is 1. The molecule has 1 unspecified atom stereocenters. The number of phenolic OH excluding ortho intramolecular Hbond substituents is 1. The number of para-hydroxylation sites is 1. The second-order valence-electron chi connectivity index (χ2n) is 6.91. The standard InChI is InChI=1S/C15H21NO4.C6H15N/c17-13-9-6-5-8-12(13)15(20)16-11-7-3-1-2-4-10-14(18)19;1-5-6(2)7(3)4/h5-6,8-9,17H,1-4,7,10-11H2,(H,16,20)(H,18,19);6H,5H2,1-4H3. The van der Waals surface area contributed by atoms with Gasteiger partial charge >= 0.3 is 5.97 Å². The van der Waals surface area contributed by atoms with E-state index in [1.807, 2.05) is 0 Å². The molecule has 0 radical (unpaired) electrons. The van der Waals surface area contributed by atoms with E-state index in [0.29, 0.717) is 13.0 Å². The lowest BCUT2D eigenvalue weighted by Gasteiger charge is -2.16. The van der Waals surface area contributed by atoms with E-state index in [0.717, 1.165) is 31.7 Å². The van der Waals surface area contributed by atoms with E-state index in [2.05, 4.69) is 38.2 Å². The predicted octanol–water partition coefficient (Wildman–Crippen LogP) is 3.89. The second-order valence-corrected chi connectivity index (χ2v) is 6.91. The molecule has 1 atom stereocenters. The number of nitrogens with one attached hydrogen (secondary N) is 1. The van der Waals surface area contributed by atoms with Crippen LogP contribution in [0.5, 0.6) is 5.75 Å². The van der Waals surface area contributed by atoms with Crippen LogP contribution in [0.4, 0.5) is 0 Å². The molecule has 6 heteroatoms. The van der Waals surface area contributed by atoms with Crippen LogP contribution in [-0.4, -0.2) is 53.7 Å². The Hall–Kier alpha value is -2.08. The maximum atomic E-state index is 11.7. The number of carboxylic acid groups (broad SMARTS) is 1. The Kier molecular flexibility index (Phi) is 13.9.